The van der Waals surface area contributed by atoms with E-state index in [2.05, 4.69) is 24.9 Å². The molecule has 0 atom stereocenters. The van der Waals surface area contributed by atoms with E-state index < -0.39 is 0 Å². The van der Waals surface area contributed by atoms with Gasteiger partial charge in [0, 0.05) is 0 Å². The maximum absolute atomic E-state index is 2.48. The van der Waals surface area contributed by atoms with Crippen LogP contribution in [0, 0.1) is 11.8 Å². The van der Waals surface area contributed by atoms with Gasteiger partial charge < -0.3 is 4.90 Å². The monoisotopic (exact) mass is 207 g/mol. The topological polar surface area (TPSA) is 3.24 Å². The van der Waals surface area contributed by atoms with Crippen LogP contribution in [0.4, 0.5) is 0 Å². The summed E-state index contributed by atoms with van der Waals surface area (Å²) in [5, 5.41) is 0. The lowest BCUT2D eigenvalue weighted by atomic mass is 9.74. The molecule has 0 unspecified atom stereocenters. The van der Waals surface area contributed by atoms with Crippen molar-refractivity contribution in [1.29, 1.82) is 0 Å². The molecule has 2 fully saturated rings. The maximum atomic E-state index is 2.48. The molecule has 2 rings (SSSR count). The molecule has 0 N–H and O–H groups in total. The number of nitrogens with zero attached hydrogens (tertiary/aromatic N) is 1. The Morgan fingerprint density at radius 3 is 2.07 bits per heavy atom. The van der Waals surface area contributed by atoms with E-state index in [1.807, 2.05) is 0 Å². The van der Waals surface area contributed by atoms with Gasteiger partial charge in [-0.25, -0.2) is 0 Å². The second-order valence-electron chi connectivity index (χ2n) is 5.43. The Balaban J connectivity index is 1.80. The molecule has 0 amide bonds. The van der Waals surface area contributed by atoms with Crippen molar-refractivity contribution < 1.29 is 0 Å². The molecule has 15 heavy (non-hydrogen) atoms. The second kappa shape index (κ2) is 5.16. The number of hydrogen-bond donors (Lipinski definition) is 0. The summed E-state index contributed by atoms with van der Waals surface area (Å²) < 4.78 is 0. The Hall–Kier alpha value is -0.300. The molecule has 0 bridgehead atoms. The zero-order valence-corrected chi connectivity index (χ0v) is 10.3. The van der Waals surface area contributed by atoms with E-state index in [0.29, 0.717) is 0 Å². The van der Waals surface area contributed by atoms with Crippen molar-refractivity contribution in [2.24, 2.45) is 11.8 Å². The van der Waals surface area contributed by atoms with Gasteiger partial charge >= 0.3 is 0 Å². The lowest BCUT2D eigenvalue weighted by Gasteiger charge is -2.36. The highest BCUT2D eigenvalue weighted by atomic mass is 15.1. The lowest BCUT2D eigenvalue weighted by molar-refractivity contribution is 0.153. The quantitative estimate of drug-likeness (QED) is 0.595. The van der Waals surface area contributed by atoms with E-state index in [-0.39, 0.29) is 0 Å². The minimum absolute atomic E-state index is 1.04. The van der Waals surface area contributed by atoms with Gasteiger partial charge in [0.2, 0.25) is 0 Å². The molecule has 86 valence electrons. The average molecular weight is 207 g/mol. The SMILES string of the molecule is CC=C1CCC(C2CCN(C)CC2)CC1. The molecule has 1 saturated heterocycles. The fourth-order valence-corrected chi connectivity index (χ4v) is 3.27. The standard InChI is InChI=1S/C14H25N/c1-3-12-4-6-13(7-5-12)14-8-10-15(2)11-9-14/h3,13-14H,4-11H2,1-2H3. The maximum Gasteiger partial charge on any atom is -0.00190 e. The van der Waals surface area contributed by atoms with Crippen molar-refractivity contribution in [1.82, 2.24) is 4.90 Å². The van der Waals surface area contributed by atoms with Crippen LogP contribution in [-0.4, -0.2) is 25.0 Å². The molecule has 0 aromatic heterocycles. The molecule has 1 saturated carbocycles. The minimum atomic E-state index is 1.04. The van der Waals surface area contributed by atoms with Gasteiger partial charge in [0.1, 0.15) is 0 Å². The van der Waals surface area contributed by atoms with Crippen LogP contribution >= 0.6 is 0 Å². The molecule has 1 aliphatic carbocycles. The highest BCUT2D eigenvalue weighted by molar-refractivity contribution is 5.04. The van der Waals surface area contributed by atoms with Gasteiger partial charge in [0.15, 0.2) is 0 Å². The van der Waals surface area contributed by atoms with Crippen LogP contribution in [0.2, 0.25) is 0 Å². The summed E-state index contributed by atoms with van der Waals surface area (Å²) in [6, 6.07) is 0. The first-order chi connectivity index (χ1) is 7.29. The minimum Gasteiger partial charge on any atom is -0.306 e. The van der Waals surface area contributed by atoms with Crippen LogP contribution in [0.1, 0.15) is 45.4 Å². The fourth-order valence-electron chi connectivity index (χ4n) is 3.27. The van der Waals surface area contributed by atoms with Gasteiger partial charge in [0.05, 0.1) is 0 Å². The number of likely N-dealkylation sites (tertiary alicyclic amines) is 1. The summed E-state index contributed by atoms with van der Waals surface area (Å²) in [6.45, 7) is 4.86. The van der Waals surface area contributed by atoms with Gasteiger partial charge in [0.25, 0.3) is 0 Å². The summed E-state index contributed by atoms with van der Waals surface area (Å²) in [6.07, 6.45) is 10.9. The smallest absolute Gasteiger partial charge is 0.00190 e. The first kappa shape index (κ1) is 11.2. The van der Waals surface area contributed by atoms with E-state index in [9.17, 15) is 0 Å². The van der Waals surface area contributed by atoms with Crippen LogP contribution in [-0.2, 0) is 0 Å². The molecule has 1 heterocycles. The summed E-state index contributed by atoms with van der Waals surface area (Å²) >= 11 is 0. The van der Waals surface area contributed by atoms with Crippen LogP contribution < -0.4 is 0 Å². The van der Waals surface area contributed by atoms with Crippen LogP contribution in [0.25, 0.3) is 0 Å². The number of piperidine rings is 1. The van der Waals surface area contributed by atoms with E-state index in [1.54, 1.807) is 5.57 Å². The molecule has 0 spiro atoms. The van der Waals surface area contributed by atoms with Crippen LogP contribution in [0.3, 0.4) is 0 Å². The van der Waals surface area contributed by atoms with Gasteiger partial charge in [-0.1, -0.05) is 11.6 Å². The molecule has 0 aromatic rings. The number of rotatable bonds is 1. The van der Waals surface area contributed by atoms with E-state index in [4.69, 9.17) is 0 Å². The highest BCUT2D eigenvalue weighted by Gasteiger charge is 2.27. The number of allylic oxidation sites excluding steroid dienone is 2. The predicted octanol–water partition coefficient (Wildman–Crippen LogP) is 3.46. The molecular formula is C14H25N. The van der Waals surface area contributed by atoms with Crippen molar-refractivity contribution in [2.45, 2.75) is 45.4 Å². The largest absolute Gasteiger partial charge is 0.306 e. The Morgan fingerprint density at radius 2 is 1.53 bits per heavy atom. The summed E-state index contributed by atoms with van der Waals surface area (Å²) in [4.78, 5) is 2.48. The summed E-state index contributed by atoms with van der Waals surface area (Å²) in [5.74, 6) is 2.09. The van der Waals surface area contributed by atoms with Gasteiger partial charge in [-0.15, -0.1) is 0 Å². The van der Waals surface area contributed by atoms with E-state index in [1.165, 1.54) is 51.6 Å². The molecule has 0 radical (unpaired) electrons. The van der Waals surface area contributed by atoms with Gasteiger partial charge in [-0.2, -0.15) is 0 Å². The third kappa shape index (κ3) is 2.84. The Bertz CT molecular complexity index is 213. The zero-order valence-electron chi connectivity index (χ0n) is 10.3. The molecule has 1 nitrogen and oxygen atoms in total. The van der Waals surface area contributed by atoms with Gasteiger partial charge in [-0.3, -0.25) is 0 Å². The molecule has 0 aromatic carbocycles. The van der Waals surface area contributed by atoms with Crippen molar-refractivity contribution >= 4 is 0 Å². The summed E-state index contributed by atoms with van der Waals surface area (Å²) in [7, 11) is 2.26. The molecule has 2 aliphatic rings. The lowest BCUT2D eigenvalue weighted by Crippen LogP contribution is -2.34. The zero-order chi connectivity index (χ0) is 10.7. The van der Waals surface area contributed by atoms with Crippen LogP contribution in [0.15, 0.2) is 11.6 Å². The fraction of sp³-hybridized carbons (Fsp3) is 0.857. The van der Waals surface area contributed by atoms with Crippen molar-refractivity contribution in [2.75, 3.05) is 20.1 Å². The third-order valence-corrected chi connectivity index (χ3v) is 4.51. The Kier molecular flexibility index (Phi) is 3.85. The normalized spacial score (nSPS) is 30.5. The third-order valence-electron chi connectivity index (χ3n) is 4.51. The van der Waals surface area contributed by atoms with Gasteiger partial charge in [-0.05, 0) is 77.4 Å². The first-order valence-electron chi connectivity index (χ1n) is 6.62. The summed E-state index contributed by atoms with van der Waals surface area (Å²) in [5.41, 5.74) is 1.71. The van der Waals surface area contributed by atoms with Crippen LogP contribution in [0.5, 0.6) is 0 Å². The molecule has 1 aliphatic heterocycles. The Labute approximate surface area is 94.5 Å². The molecular weight excluding hydrogens is 182 g/mol. The predicted molar refractivity (Wildman–Crippen MR) is 65.9 cm³/mol. The average Bonchev–Trinajstić information content (AvgIpc) is 2.30. The first-order valence-corrected chi connectivity index (χ1v) is 6.62. The number of hydrogen-bond acceptors (Lipinski definition) is 1. The van der Waals surface area contributed by atoms with E-state index >= 15 is 0 Å². The second-order valence-corrected chi connectivity index (χ2v) is 5.43. The molecule has 1 heteroatoms. The highest BCUT2D eigenvalue weighted by Crippen LogP contribution is 2.37. The van der Waals surface area contributed by atoms with Crippen molar-refractivity contribution in [3.05, 3.63) is 11.6 Å². The Morgan fingerprint density at radius 1 is 1.00 bits per heavy atom. The van der Waals surface area contributed by atoms with Crippen molar-refractivity contribution in [3.8, 4) is 0 Å². The van der Waals surface area contributed by atoms with E-state index in [0.717, 1.165) is 11.8 Å². The van der Waals surface area contributed by atoms with Crippen molar-refractivity contribution in [3.63, 3.8) is 0 Å².